The topological polar surface area (TPSA) is 107 Å². The molecule has 1 aliphatic rings. The van der Waals surface area contributed by atoms with Gasteiger partial charge in [-0.2, -0.15) is 5.26 Å². The summed E-state index contributed by atoms with van der Waals surface area (Å²) in [6.07, 6.45) is 0.977. The quantitative estimate of drug-likeness (QED) is 0.670. The predicted molar refractivity (Wildman–Crippen MR) is 73.4 cm³/mol. The van der Waals surface area contributed by atoms with Gasteiger partial charge in [0.05, 0.1) is 16.9 Å². The molecular weight excluding hydrogens is 274 g/mol. The molecule has 110 valence electrons. The molecule has 1 fully saturated rings. The van der Waals surface area contributed by atoms with Crippen molar-refractivity contribution in [3.8, 4) is 6.07 Å². The van der Waals surface area contributed by atoms with E-state index >= 15 is 0 Å². The van der Waals surface area contributed by atoms with Crippen LogP contribution < -0.4 is 0 Å². The number of aliphatic carboxylic acids is 1. The minimum atomic E-state index is -0.807. The molecular formula is C14H15N3O4. The molecule has 0 bridgehead atoms. The smallest absolute Gasteiger partial charge is 0.306 e. The minimum absolute atomic E-state index is 0.0480. The Balaban J connectivity index is 2.14. The highest BCUT2D eigenvalue weighted by Crippen LogP contribution is 2.28. The molecule has 1 aromatic carbocycles. The summed E-state index contributed by atoms with van der Waals surface area (Å²) in [5.74, 6) is -1.18. The van der Waals surface area contributed by atoms with E-state index < -0.39 is 16.9 Å². The van der Waals surface area contributed by atoms with Gasteiger partial charge in [-0.1, -0.05) is 12.1 Å². The van der Waals surface area contributed by atoms with Crippen LogP contribution in [0.15, 0.2) is 24.3 Å². The number of hydrogen-bond donors (Lipinski definition) is 1. The second-order valence-corrected chi connectivity index (χ2v) is 5.03. The number of nitro groups is 1. The molecule has 1 aliphatic heterocycles. The number of piperidine rings is 1. The third-order valence-corrected chi connectivity index (χ3v) is 3.76. The summed E-state index contributed by atoms with van der Waals surface area (Å²) in [4.78, 5) is 23.1. The lowest BCUT2D eigenvalue weighted by Crippen LogP contribution is -2.38. The Morgan fingerprint density at radius 3 is 2.67 bits per heavy atom. The molecule has 2 rings (SSSR count). The van der Waals surface area contributed by atoms with E-state index in [1.165, 1.54) is 12.1 Å². The van der Waals surface area contributed by atoms with Crippen LogP contribution in [0.5, 0.6) is 0 Å². The monoisotopic (exact) mass is 289 g/mol. The van der Waals surface area contributed by atoms with E-state index in [4.69, 9.17) is 5.11 Å². The van der Waals surface area contributed by atoms with Crippen LogP contribution in [0, 0.1) is 27.4 Å². The molecule has 0 radical (unpaired) electrons. The lowest BCUT2D eigenvalue weighted by molar-refractivity contribution is -0.384. The zero-order chi connectivity index (χ0) is 15.4. The summed E-state index contributed by atoms with van der Waals surface area (Å²) >= 11 is 0. The van der Waals surface area contributed by atoms with Crippen molar-refractivity contribution in [3.05, 3.63) is 39.9 Å². The Hall–Kier alpha value is -2.46. The van der Waals surface area contributed by atoms with E-state index in [1.54, 1.807) is 12.1 Å². The Kier molecular flexibility index (Phi) is 4.50. The van der Waals surface area contributed by atoms with Crippen molar-refractivity contribution in [1.82, 2.24) is 4.90 Å². The second-order valence-electron chi connectivity index (χ2n) is 5.03. The fraction of sp³-hybridized carbons (Fsp3) is 0.429. The number of likely N-dealkylation sites (tertiary alicyclic amines) is 1. The summed E-state index contributed by atoms with van der Waals surface area (Å²) in [7, 11) is 0. The fourth-order valence-corrected chi connectivity index (χ4v) is 2.58. The van der Waals surface area contributed by atoms with Gasteiger partial charge in [-0.05, 0) is 18.4 Å². The van der Waals surface area contributed by atoms with Crippen LogP contribution >= 0.6 is 0 Å². The van der Waals surface area contributed by atoms with E-state index in [-0.39, 0.29) is 11.6 Å². The summed E-state index contributed by atoms with van der Waals surface area (Å²) in [6, 6.07) is 7.60. The van der Waals surface area contributed by atoms with Gasteiger partial charge in [-0.3, -0.25) is 19.8 Å². The van der Waals surface area contributed by atoms with Gasteiger partial charge in [0.15, 0.2) is 0 Å². The van der Waals surface area contributed by atoms with E-state index in [2.05, 4.69) is 6.07 Å². The van der Waals surface area contributed by atoms with Crippen molar-refractivity contribution in [3.63, 3.8) is 0 Å². The van der Waals surface area contributed by atoms with Crippen LogP contribution in [0.25, 0.3) is 0 Å². The molecule has 1 aromatic rings. The van der Waals surface area contributed by atoms with E-state index in [1.807, 2.05) is 4.90 Å². The van der Waals surface area contributed by atoms with Crippen molar-refractivity contribution >= 4 is 11.7 Å². The maximum atomic E-state index is 10.9. The first-order valence-electron chi connectivity index (χ1n) is 6.63. The standard InChI is InChI=1S/C14H15N3O4/c15-9-13(11-2-1-3-12(8-11)17(20)21)16-6-4-10(5-7-16)14(18)19/h1-3,8,10,13H,4-7H2,(H,18,19). The van der Waals surface area contributed by atoms with Gasteiger partial charge < -0.3 is 5.11 Å². The molecule has 1 N–H and O–H groups in total. The average Bonchev–Trinajstić information content (AvgIpc) is 2.49. The summed E-state index contributed by atoms with van der Waals surface area (Å²) in [6.45, 7) is 0.996. The van der Waals surface area contributed by atoms with Crippen LogP contribution in [-0.2, 0) is 4.79 Å². The minimum Gasteiger partial charge on any atom is -0.481 e. The van der Waals surface area contributed by atoms with E-state index in [0.29, 0.717) is 31.5 Å². The number of non-ortho nitro benzene ring substituents is 1. The van der Waals surface area contributed by atoms with Gasteiger partial charge in [0.2, 0.25) is 0 Å². The first kappa shape index (κ1) is 14.9. The number of carboxylic acid groups (broad SMARTS) is 1. The van der Waals surface area contributed by atoms with Crippen molar-refractivity contribution < 1.29 is 14.8 Å². The van der Waals surface area contributed by atoms with Crippen molar-refractivity contribution in [2.45, 2.75) is 18.9 Å². The lowest BCUT2D eigenvalue weighted by Gasteiger charge is -2.33. The van der Waals surface area contributed by atoms with E-state index in [0.717, 1.165) is 0 Å². The third kappa shape index (κ3) is 3.35. The molecule has 1 heterocycles. The summed E-state index contributed by atoms with van der Waals surface area (Å²) in [5.41, 5.74) is 0.522. The third-order valence-electron chi connectivity index (χ3n) is 3.76. The summed E-state index contributed by atoms with van der Waals surface area (Å²) < 4.78 is 0. The van der Waals surface area contributed by atoms with Crippen LogP contribution in [-0.4, -0.2) is 34.0 Å². The van der Waals surface area contributed by atoms with Crippen LogP contribution in [0.2, 0.25) is 0 Å². The molecule has 1 unspecified atom stereocenters. The number of benzene rings is 1. The molecule has 7 heteroatoms. The normalized spacial score (nSPS) is 17.9. The van der Waals surface area contributed by atoms with Crippen LogP contribution in [0.1, 0.15) is 24.4 Å². The zero-order valence-electron chi connectivity index (χ0n) is 11.3. The van der Waals surface area contributed by atoms with Gasteiger partial charge >= 0.3 is 5.97 Å². The van der Waals surface area contributed by atoms with Crippen LogP contribution in [0.3, 0.4) is 0 Å². The summed E-state index contributed by atoms with van der Waals surface area (Å²) in [5, 5.41) is 29.1. The molecule has 21 heavy (non-hydrogen) atoms. The molecule has 0 aromatic heterocycles. The largest absolute Gasteiger partial charge is 0.481 e. The lowest BCUT2D eigenvalue weighted by atomic mass is 9.94. The number of nitriles is 1. The number of carboxylic acids is 1. The Bertz CT molecular complexity index is 588. The maximum absolute atomic E-state index is 10.9. The molecule has 1 saturated heterocycles. The van der Waals surface area contributed by atoms with Gasteiger partial charge in [-0.15, -0.1) is 0 Å². The number of carbonyl (C=O) groups is 1. The first-order chi connectivity index (χ1) is 10.0. The molecule has 1 atom stereocenters. The maximum Gasteiger partial charge on any atom is 0.306 e. The number of nitrogens with zero attached hydrogens (tertiary/aromatic N) is 3. The second kappa shape index (κ2) is 6.33. The van der Waals surface area contributed by atoms with Crippen LogP contribution in [0.4, 0.5) is 5.69 Å². The predicted octanol–water partition coefficient (Wildman–Crippen LogP) is 1.96. The molecule has 0 saturated carbocycles. The molecule has 0 spiro atoms. The number of rotatable bonds is 4. The van der Waals surface area contributed by atoms with E-state index in [9.17, 15) is 20.2 Å². The Labute approximate surface area is 121 Å². The highest BCUT2D eigenvalue weighted by Gasteiger charge is 2.29. The van der Waals surface area contributed by atoms with Crippen molar-refractivity contribution in [2.75, 3.05) is 13.1 Å². The Morgan fingerprint density at radius 1 is 1.48 bits per heavy atom. The van der Waals surface area contributed by atoms with Crippen molar-refractivity contribution in [1.29, 1.82) is 5.26 Å². The first-order valence-corrected chi connectivity index (χ1v) is 6.63. The molecule has 7 nitrogen and oxygen atoms in total. The molecule has 0 aliphatic carbocycles. The van der Waals surface area contributed by atoms with Gasteiger partial charge in [-0.25, -0.2) is 0 Å². The highest BCUT2D eigenvalue weighted by atomic mass is 16.6. The highest BCUT2D eigenvalue weighted by molar-refractivity contribution is 5.70. The van der Waals surface area contributed by atoms with Gasteiger partial charge in [0.1, 0.15) is 6.04 Å². The Morgan fingerprint density at radius 2 is 2.14 bits per heavy atom. The number of hydrogen-bond acceptors (Lipinski definition) is 5. The van der Waals surface area contributed by atoms with Crippen molar-refractivity contribution in [2.24, 2.45) is 5.92 Å². The number of nitro benzene ring substituents is 1. The van der Waals surface area contributed by atoms with Gasteiger partial charge in [0, 0.05) is 25.2 Å². The zero-order valence-corrected chi connectivity index (χ0v) is 11.3. The SMILES string of the molecule is N#CC(c1cccc([N+](=O)[O-])c1)N1CCC(C(=O)O)CC1. The van der Waals surface area contributed by atoms with Gasteiger partial charge in [0.25, 0.3) is 5.69 Å². The average molecular weight is 289 g/mol. The molecule has 0 amide bonds. The fourth-order valence-electron chi connectivity index (χ4n) is 2.58.